The zero-order valence-electron chi connectivity index (χ0n) is 13.4. The Bertz CT molecular complexity index is 716. The average molecular weight is 350 g/mol. The van der Waals surface area contributed by atoms with E-state index in [1.54, 1.807) is 11.8 Å². The van der Waals surface area contributed by atoms with Gasteiger partial charge in [-0.3, -0.25) is 0 Å². The van der Waals surface area contributed by atoms with Crippen LogP contribution in [0.15, 0.2) is 24.3 Å². The van der Waals surface area contributed by atoms with Crippen LogP contribution in [0.5, 0.6) is 0 Å². The predicted molar refractivity (Wildman–Crippen MR) is 107 cm³/mol. The van der Waals surface area contributed by atoms with Crippen molar-refractivity contribution in [3.8, 4) is 0 Å². The lowest BCUT2D eigenvalue weighted by molar-refractivity contribution is 0.645. The summed E-state index contributed by atoms with van der Waals surface area (Å²) in [5, 5.41) is 1.20. The Morgan fingerprint density at radius 3 is 2.68 bits per heavy atom. The summed E-state index contributed by atoms with van der Waals surface area (Å²) in [4.78, 5) is 3.37. The first-order valence-electron chi connectivity index (χ1n) is 7.85. The molecule has 0 aliphatic heterocycles. The highest BCUT2D eigenvalue weighted by atomic mass is 32.2. The van der Waals surface area contributed by atoms with Crippen LogP contribution in [0.2, 0.25) is 0 Å². The van der Waals surface area contributed by atoms with Crippen LogP contribution in [0.1, 0.15) is 44.7 Å². The lowest BCUT2D eigenvalue weighted by atomic mass is 9.97. The largest absolute Gasteiger partial charge is 0.346 e. The standard InChI is InChI=1S/C18H23NS3/c1-4-5-10-22-18(21)16-13-8-6-7-9-15(13)19-17(20)14(16)11-12(2)3/h6-9,12H,4-5,10-11H2,1-3H3,(H,19,20). The van der Waals surface area contributed by atoms with Crippen LogP contribution >= 0.6 is 36.2 Å². The first kappa shape index (κ1) is 17.6. The molecule has 22 heavy (non-hydrogen) atoms. The van der Waals surface area contributed by atoms with Crippen molar-refractivity contribution in [3.63, 3.8) is 0 Å². The third kappa shape index (κ3) is 4.18. The number of hydrogen-bond acceptors (Lipinski definition) is 3. The van der Waals surface area contributed by atoms with Gasteiger partial charge in [0.1, 0.15) is 4.64 Å². The fourth-order valence-corrected chi connectivity index (χ4v) is 4.28. The highest BCUT2D eigenvalue weighted by Crippen LogP contribution is 2.28. The van der Waals surface area contributed by atoms with Crippen LogP contribution < -0.4 is 0 Å². The van der Waals surface area contributed by atoms with E-state index in [-0.39, 0.29) is 0 Å². The number of nitrogens with one attached hydrogen (secondary N) is 1. The Morgan fingerprint density at radius 2 is 2.00 bits per heavy atom. The zero-order chi connectivity index (χ0) is 16.1. The van der Waals surface area contributed by atoms with E-state index in [0.717, 1.165) is 26.5 Å². The molecule has 0 aliphatic rings. The molecule has 0 amide bonds. The number of H-pyrrole nitrogens is 1. The van der Waals surface area contributed by atoms with Gasteiger partial charge in [0.15, 0.2) is 0 Å². The van der Waals surface area contributed by atoms with Crippen LogP contribution in [0.25, 0.3) is 10.9 Å². The molecule has 2 aromatic rings. The van der Waals surface area contributed by atoms with Crippen LogP contribution in [-0.4, -0.2) is 14.9 Å². The summed E-state index contributed by atoms with van der Waals surface area (Å²) in [7, 11) is 0. The summed E-state index contributed by atoms with van der Waals surface area (Å²) in [6.07, 6.45) is 3.36. The second kappa shape index (κ2) is 8.23. The molecule has 118 valence electrons. The summed E-state index contributed by atoms with van der Waals surface area (Å²) in [5.74, 6) is 1.63. The maximum atomic E-state index is 5.76. The van der Waals surface area contributed by atoms with Gasteiger partial charge in [-0.2, -0.15) is 0 Å². The third-order valence-electron chi connectivity index (χ3n) is 3.57. The van der Waals surface area contributed by atoms with Crippen molar-refractivity contribution in [2.75, 3.05) is 5.75 Å². The number of para-hydroxylation sites is 1. The molecular weight excluding hydrogens is 326 g/mol. The zero-order valence-corrected chi connectivity index (χ0v) is 15.9. The van der Waals surface area contributed by atoms with Crippen LogP contribution in [0, 0.1) is 10.6 Å². The summed E-state index contributed by atoms with van der Waals surface area (Å²) in [6, 6.07) is 8.33. The van der Waals surface area contributed by atoms with E-state index in [1.165, 1.54) is 29.4 Å². The van der Waals surface area contributed by atoms with E-state index < -0.39 is 0 Å². The number of rotatable bonds is 6. The van der Waals surface area contributed by atoms with Crippen molar-refractivity contribution in [3.05, 3.63) is 40.0 Å². The fourth-order valence-electron chi connectivity index (χ4n) is 2.50. The minimum absolute atomic E-state index is 0.554. The van der Waals surface area contributed by atoms with Crippen molar-refractivity contribution in [2.24, 2.45) is 5.92 Å². The smallest absolute Gasteiger partial charge is 0.107 e. The van der Waals surface area contributed by atoms with E-state index in [1.807, 2.05) is 6.07 Å². The van der Waals surface area contributed by atoms with E-state index in [0.29, 0.717) is 5.92 Å². The van der Waals surface area contributed by atoms with Crippen LogP contribution in [0.3, 0.4) is 0 Å². The Balaban J connectivity index is 2.55. The van der Waals surface area contributed by atoms with Gasteiger partial charge in [-0.25, -0.2) is 0 Å². The molecule has 0 saturated carbocycles. The quantitative estimate of drug-likeness (QED) is 0.486. The van der Waals surface area contributed by atoms with Gasteiger partial charge in [0, 0.05) is 16.5 Å². The Morgan fingerprint density at radius 1 is 1.27 bits per heavy atom. The van der Waals surface area contributed by atoms with Gasteiger partial charge in [0.2, 0.25) is 0 Å². The number of thioether (sulfide) groups is 1. The van der Waals surface area contributed by atoms with Crippen molar-refractivity contribution >= 4 is 51.3 Å². The van der Waals surface area contributed by atoms with Crippen LogP contribution in [0.4, 0.5) is 0 Å². The fraction of sp³-hybridized carbons (Fsp3) is 0.444. The van der Waals surface area contributed by atoms with Crippen molar-refractivity contribution in [1.82, 2.24) is 4.98 Å². The molecule has 0 unspecified atom stereocenters. The van der Waals surface area contributed by atoms with E-state index in [9.17, 15) is 0 Å². The SMILES string of the molecule is CCCCSC(=S)c1c(CC(C)C)c(=S)[nH]c2ccccc12. The molecule has 0 spiro atoms. The highest BCUT2D eigenvalue weighted by molar-refractivity contribution is 8.23. The lowest BCUT2D eigenvalue weighted by Gasteiger charge is -2.16. The minimum atomic E-state index is 0.554. The average Bonchev–Trinajstić information content (AvgIpc) is 2.47. The third-order valence-corrected chi connectivity index (χ3v) is 5.43. The van der Waals surface area contributed by atoms with E-state index in [4.69, 9.17) is 24.4 Å². The number of unbranched alkanes of at least 4 members (excludes halogenated alkanes) is 1. The predicted octanol–water partition coefficient (Wildman–Crippen LogP) is 6.30. The monoisotopic (exact) mass is 349 g/mol. The lowest BCUT2D eigenvalue weighted by Crippen LogP contribution is -2.07. The van der Waals surface area contributed by atoms with E-state index >= 15 is 0 Å². The van der Waals surface area contributed by atoms with Crippen molar-refractivity contribution in [1.29, 1.82) is 0 Å². The molecule has 1 heterocycles. The molecule has 1 aromatic heterocycles. The number of thiocarbonyl (C=S) groups is 1. The number of hydrogen-bond donors (Lipinski definition) is 1. The molecule has 1 nitrogen and oxygen atoms in total. The number of aromatic amines is 1. The van der Waals surface area contributed by atoms with Gasteiger partial charge in [0.25, 0.3) is 0 Å². The second-order valence-corrected chi connectivity index (χ2v) is 8.12. The molecule has 0 atom stereocenters. The molecule has 1 N–H and O–H groups in total. The first-order valence-corrected chi connectivity index (χ1v) is 9.65. The molecule has 1 aromatic carbocycles. The maximum Gasteiger partial charge on any atom is 0.107 e. The maximum absolute atomic E-state index is 5.76. The Labute approximate surface area is 147 Å². The van der Waals surface area contributed by atoms with Gasteiger partial charge in [-0.15, -0.1) is 11.8 Å². The molecule has 0 bridgehead atoms. The molecule has 0 fully saturated rings. The Kier molecular flexibility index (Phi) is 6.60. The molecule has 0 aliphatic carbocycles. The summed E-state index contributed by atoms with van der Waals surface area (Å²) in [5.41, 5.74) is 3.47. The van der Waals surface area contributed by atoms with Gasteiger partial charge in [-0.05, 0) is 36.1 Å². The summed E-state index contributed by atoms with van der Waals surface area (Å²) in [6.45, 7) is 6.66. The molecule has 4 heteroatoms. The first-order chi connectivity index (χ1) is 10.5. The molecular formula is C18H23NS3. The summed E-state index contributed by atoms with van der Waals surface area (Å²) >= 11 is 13.2. The summed E-state index contributed by atoms with van der Waals surface area (Å²) < 4.78 is 1.82. The number of benzene rings is 1. The van der Waals surface area contributed by atoms with Crippen LogP contribution in [-0.2, 0) is 6.42 Å². The van der Waals surface area contributed by atoms with Crippen molar-refractivity contribution < 1.29 is 0 Å². The van der Waals surface area contributed by atoms with Crippen molar-refractivity contribution in [2.45, 2.75) is 40.0 Å². The number of aromatic nitrogens is 1. The van der Waals surface area contributed by atoms with Gasteiger partial charge >= 0.3 is 0 Å². The van der Waals surface area contributed by atoms with E-state index in [2.05, 4.69) is 44.0 Å². The topological polar surface area (TPSA) is 15.8 Å². The number of pyridine rings is 1. The van der Waals surface area contributed by atoms with Gasteiger partial charge in [-0.1, -0.05) is 69.8 Å². The second-order valence-electron chi connectivity index (χ2n) is 5.94. The molecule has 0 radical (unpaired) electrons. The number of fused-ring (bicyclic) bond motifs is 1. The normalized spacial score (nSPS) is 11.3. The highest BCUT2D eigenvalue weighted by Gasteiger charge is 2.16. The molecule has 0 saturated heterocycles. The molecule has 2 rings (SSSR count). The van der Waals surface area contributed by atoms with Gasteiger partial charge in [0.05, 0.1) is 4.20 Å². The van der Waals surface area contributed by atoms with Gasteiger partial charge < -0.3 is 4.98 Å². The minimum Gasteiger partial charge on any atom is -0.346 e. The Hall–Kier alpha value is -0.710.